The Kier molecular flexibility index (Phi) is 3.43. The van der Waals surface area contributed by atoms with Gasteiger partial charge in [0.1, 0.15) is 0 Å². The van der Waals surface area contributed by atoms with E-state index >= 15 is 0 Å². The lowest BCUT2D eigenvalue weighted by molar-refractivity contribution is 0.0795. The second kappa shape index (κ2) is 4.39. The molecule has 0 fully saturated rings. The molecule has 0 aromatic carbocycles. The lowest BCUT2D eigenvalue weighted by Crippen LogP contribution is -2.34. The Bertz CT molecular complexity index is 299. The van der Waals surface area contributed by atoms with Gasteiger partial charge in [0, 0.05) is 31.0 Å². The molecule has 2 N–H and O–H groups in total. The molecular weight excluding hydrogens is 178 g/mol. The molecular formula is C10H17N3O. The summed E-state index contributed by atoms with van der Waals surface area (Å²) < 4.78 is 1.65. The molecule has 0 amide bonds. The van der Waals surface area contributed by atoms with E-state index in [0.29, 0.717) is 13.1 Å². The number of hydrogen-bond acceptors (Lipinski definition) is 3. The Morgan fingerprint density at radius 1 is 1.71 bits per heavy atom. The maximum atomic E-state index is 9.45. The van der Waals surface area contributed by atoms with E-state index in [2.05, 4.69) is 17.0 Å². The van der Waals surface area contributed by atoms with Crippen LogP contribution < -0.4 is 5.32 Å². The van der Waals surface area contributed by atoms with E-state index in [1.54, 1.807) is 30.9 Å². The number of hydrogen-bond donors (Lipinski definition) is 2. The molecule has 1 rings (SSSR count). The topological polar surface area (TPSA) is 50.1 Å². The number of nitrogens with zero attached hydrogens (tertiary/aromatic N) is 2. The van der Waals surface area contributed by atoms with Crippen LogP contribution in [-0.4, -0.2) is 27.0 Å². The predicted octanol–water partition coefficient (Wildman–Crippen LogP) is 0.844. The van der Waals surface area contributed by atoms with Crippen molar-refractivity contribution in [2.24, 2.45) is 0 Å². The van der Waals surface area contributed by atoms with E-state index < -0.39 is 5.60 Å². The summed E-state index contributed by atoms with van der Waals surface area (Å²) >= 11 is 0. The average molecular weight is 195 g/mol. The molecule has 0 radical (unpaired) electrons. The molecule has 4 nitrogen and oxygen atoms in total. The average Bonchev–Trinajstić information content (AvgIpc) is 2.50. The van der Waals surface area contributed by atoms with Gasteiger partial charge < -0.3 is 10.4 Å². The standard InChI is InChI=1S/C10H17N3O/c1-4-13-7-9(6-12-13)5-11-8-10(2,3)14/h4,6-7,11,14H,1,5,8H2,2-3H3. The van der Waals surface area contributed by atoms with Gasteiger partial charge in [0.2, 0.25) is 0 Å². The third-order valence-electron chi connectivity index (χ3n) is 1.73. The van der Waals surface area contributed by atoms with Crippen molar-refractivity contribution in [1.82, 2.24) is 15.1 Å². The van der Waals surface area contributed by atoms with Crippen LogP contribution in [0.1, 0.15) is 19.4 Å². The molecule has 0 unspecified atom stereocenters. The summed E-state index contributed by atoms with van der Waals surface area (Å²) in [6.45, 7) is 8.41. The fourth-order valence-electron chi connectivity index (χ4n) is 1.08. The molecule has 1 heterocycles. The van der Waals surface area contributed by atoms with E-state index in [9.17, 15) is 5.11 Å². The summed E-state index contributed by atoms with van der Waals surface area (Å²) in [6, 6.07) is 0. The van der Waals surface area contributed by atoms with Crippen LogP contribution in [0.3, 0.4) is 0 Å². The van der Waals surface area contributed by atoms with Gasteiger partial charge in [-0.05, 0) is 13.8 Å². The molecule has 0 atom stereocenters. The van der Waals surface area contributed by atoms with Crippen LogP contribution in [0.2, 0.25) is 0 Å². The molecule has 14 heavy (non-hydrogen) atoms. The zero-order chi connectivity index (χ0) is 10.6. The maximum absolute atomic E-state index is 9.45. The molecule has 4 heteroatoms. The summed E-state index contributed by atoms with van der Waals surface area (Å²) in [4.78, 5) is 0. The van der Waals surface area contributed by atoms with Crippen molar-refractivity contribution in [1.29, 1.82) is 0 Å². The van der Waals surface area contributed by atoms with Crippen LogP contribution in [0.5, 0.6) is 0 Å². The van der Waals surface area contributed by atoms with Gasteiger partial charge in [-0.1, -0.05) is 6.58 Å². The molecule has 1 aromatic heterocycles. The van der Waals surface area contributed by atoms with Crippen molar-refractivity contribution < 1.29 is 5.11 Å². The predicted molar refractivity (Wildman–Crippen MR) is 56.6 cm³/mol. The largest absolute Gasteiger partial charge is 0.389 e. The minimum Gasteiger partial charge on any atom is -0.389 e. The van der Waals surface area contributed by atoms with Gasteiger partial charge in [-0.3, -0.25) is 0 Å². The van der Waals surface area contributed by atoms with Gasteiger partial charge in [-0.2, -0.15) is 5.10 Å². The van der Waals surface area contributed by atoms with E-state index in [0.717, 1.165) is 5.56 Å². The fourth-order valence-corrected chi connectivity index (χ4v) is 1.08. The van der Waals surface area contributed by atoms with Crippen molar-refractivity contribution in [2.45, 2.75) is 26.0 Å². The fraction of sp³-hybridized carbons (Fsp3) is 0.500. The molecule has 0 saturated heterocycles. The highest BCUT2D eigenvalue weighted by molar-refractivity contribution is 5.17. The first-order chi connectivity index (χ1) is 6.51. The van der Waals surface area contributed by atoms with E-state index in [1.165, 1.54) is 0 Å². The summed E-state index contributed by atoms with van der Waals surface area (Å²) in [7, 11) is 0. The Hall–Kier alpha value is -1.13. The highest BCUT2D eigenvalue weighted by Gasteiger charge is 2.10. The number of aromatic nitrogens is 2. The van der Waals surface area contributed by atoms with Gasteiger partial charge >= 0.3 is 0 Å². The molecule has 0 saturated carbocycles. The zero-order valence-electron chi connectivity index (χ0n) is 8.70. The van der Waals surface area contributed by atoms with Crippen molar-refractivity contribution >= 4 is 6.20 Å². The molecule has 0 aliphatic heterocycles. The van der Waals surface area contributed by atoms with E-state index in [1.807, 2.05) is 6.20 Å². The van der Waals surface area contributed by atoms with Crippen molar-refractivity contribution in [3.8, 4) is 0 Å². The third-order valence-corrected chi connectivity index (χ3v) is 1.73. The van der Waals surface area contributed by atoms with Crippen LogP contribution in [0.25, 0.3) is 6.20 Å². The van der Waals surface area contributed by atoms with Crippen LogP contribution in [0.15, 0.2) is 19.0 Å². The Labute approximate surface area is 84.2 Å². The first kappa shape index (κ1) is 10.9. The SMILES string of the molecule is C=Cn1cc(CNCC(C)(C)O)cn1. The van der Waals surface area contributed by atoms with Gasteiger partial charge in [0.15, 0.2) is 0 Å². The minimum atomic E-state index is -0.672. The Morgan fingerprint density at radius 2 is 2.43 bits per heavy atom. The van der Waals surface area contributed by atoms with Gasteiger partial charge in [-0.15, -0.1) is 0 Å². The normalized spacial score (nSPS) is 11.6. The molecule has 1 aromatic rings. The van der Waals surface area contributed by atoms with Gasteiger partial charge in [0.25, 0.3) is 0 Å². The molecule has 78 valence electrons. The summed E-state index contributed by atoms with van der Waals surface area (Å²) in [6.07, 6.45) is 5.31. The lowest BCUT2D eigenvalue weighted by atomic mass is 10.1. The van der Waals surface area contributed by atoms with Crippen molar-refractivity contribution in [3.63, 3.8) is 0 Å². The number of rotatable bonds is 5. The van der Waals surface area contributed by atoms with Crippen LogP contribution >= 0.6 is 0 Å². The second-order valence-electron chi connectivity index (χ2n) is 3.93. The smallest absolute Gasteiger partial charge is 0.0715 e. The summed E-state index contributed by atoms with van der Waals surface area (Å²) in [5, 5.41) is 16.6. The number of aliphatic hydroxyl groups is 1. The number of nitrogens with one attached hydrogen (secondary N) is 1. The quantitative estimate of drug-likeness (QED) is 0.732. The monoisotopic (exact) mass is 195 g/mol. The molecule has 0 aliphatic carbocycles. The van der Waals surface area contributed by atoms with Crippen LogP contribution in [0, 0.1) is 0 Å². The van der Waals surface area contributed by atoms with Gasteiger partial charge in [0.05, 0.1) is 11.8 Å². The zero-order valence-corrected chi connectivity index (χ0v) is 8.70. The molecule has 0 spiro atoms. The van der Waals surface area contributed by atoms with Crippen molar-refractivity contribution in [2.75, 3.05) is 6.54 Å². The first-order valence-corrected chi connectivity index (χ1v) is 4.60. The van der Waals surface area contributed by atoms with Gasteiger partial charge in [-0.25, -0.2) is 4.68 Å². The Morgan fingerprint density at radius 3 is 2.93 bits per heavy atom. The Balaban J connectivity index is 2.35. The molecule has 0 bridgehead atoms. The van der Waals surface area contributed by atoms with E-state index in [4.69, 9.17) is 0 Å². The summed E-state index contributed by atoms with van der Waals surface area (Å²) in [5.41, 5.74) is 0.406. The summed E-state index contributed by atoms with van der Waals surface area (Å²) in [5.74, 6) is 0. The lowest BCUT2D eigenvalue weighted by Gasteiger charge is -2.17. The van der Waals surface area contributed by atoms with Crippen molar-refractivity contribution in [3.05, 3.63) is 24.5 Å². The first-order valence-electron chi connectivity index (χ1n) is 4.60. The maximum Gasteiger partial charge on any atom is 0.0715 e. The second-order valence-corrected chi connectivity index (χ2v) is 3.93. The van der Waals surface area contributed by atoms with Crippen LogP contribution in [-0.2, 0) is 6.54 Å². The highest BCUT2D eigenvalue weighted by atomic mass is 16.3. The molecule has 0 aliphatic rings. The van der Waals surface area contributed by atoms with E-state index in [-0.39, 0.29) is 0 Å². The highest BCUT2D eigenvalue weighted by Crippen LogP contribution is 2.00. The van der Waals surface area contributed by atoms with Crippen LogP contribution in [0.4, 0.5) is 0 Å². The third kappa shape index (κ3) is 3.72. The minimum absolute atomic E-state index is 0.562.